The molecule has 2 amide bonds. The van der Waals surface area contributed by atoms with E-state index in [9.17, 15) is 4.79 Å². The Morgan fingerprint density at radius 1 is 1.53 bits per heavy atom. The topological polar surface area (TPSA) is 50.4 Å². The van der Waals surface area contributed by atoms with Crippen molar-refractivity contribution in [3.05, 3.63) is 0 Å². The van der Waals surface area contributed by atoms with E-state index in [0.717, 1.165) is 38.8 Å². The Bertz CT molecular complexity index is 201. The third kappa shape index (κ3) is 4.51. The van der Waals surface area contributed by atoms with Gasteiger partial charge in [-0.2, -0.15) is 0 Å². The predicted molar refractivity (Wildman–Crippen MR) is 59.9 cm³/mol. The van der Waals surface area contributed by atoms with Gasteiger partial charge in [-0.25, -0.2) is 4.79 Å². The third-order valence-electron chi connectivity index (χ3n) is 2.67. The van der Waals surface area contributed by atoms with Crippen molar-refractivity contribution < 1.29 is 9.53 Å². The maximum Gasteiger partial charge on any atom is 0.315 e. The van der Waals surface area contributed by atoms with E-state index in [1.165, 1.54) is 0 Å². The Balaban J connectivity index is 2.23. The normalized spacial score (nSPS) is 26.0. The zero-order valence-corrected chi connectivity index (χ0v) is 9.77. The van der Waals surface area contributed by atoms with Gasteiger partial charge in [0.2, 0.25) is 0 Å². The fraction of sp³-hybridized carbons (Fsp3) is 0.909. The average Bonchev–Trinajstić information content (AvgIpc) is 2.18. The number of amides is 2. The molecule has 1 rings (SSSR count). The van der Waals surface area contributed by atoms with Crippen molar-refractivity contribution in [1.29, 1.82) is 0 Å². The lowest BCUT2D eigenvalue weighted by Crippen LogP contribution is -2.54. The zero-order valence-electron chi connectivity index (χ0n) is 9.77. The highest BCUT2D eigenvalue weighted by Gasteiger charge is 2.28. The zero-order chi connectivity index (χ0) is 11.1. The van der Waals surface area contributed by atoms with Gasteiger partial charge in [-0.3, -0.25) is 0 Å². The van der Waals surface area contributed by atoms with E-state index in [4.69, 9.17) is 4.74 Å². The van der Waals surface area contributed by atoms with Crippen LogP contribution >= 0.6 is 0 Å². The molecule has 1 fully saturated rings. The number of nitrogens with one attached hydrogen (secondary N) is 2. The lowest BCUT2D eigenvalue weighted by molar-refractivity contribution is 0.0333. The minimum atomic E-state index is -0.186. The molecule has 1 aliphatic heterocycles. The van der Waals surface area contributed by atoms with Crippen molar-refractivity contribution in [3.63, 3.8) is 0 Å². The van der Waals surface area contributed by atoms with Crippen LogP contribution in [0.1, 0.15) is 39.5 Å². The summed E-state index contributed by atoms with van der Waals surface area (Å²) in [6, 6.07) is -0.0727. The summed E-state index contributed by atoms with van der Waals surface area (Å²) in [7, 11) is 0. The molecule has 1 saturated heterocycles. The second kappa shape index (κ2) is 5.95. The maximum atomic E-state index is 11.5. The van der Waals surface area contributed by atoms with Crippen LogP contribution in [-0.2, 0) is 4.74 Å². The van der Waals surface area contributed by atoms with Gasteiger partial charge in [0.05, 0.1) is 12.1 Å². The van der Waals surface area contributed by atoms with E-state index in [1.807, 2.05) is 6.92 Å². The molecule has 0 saturated carbocycles. The molecule has 1 atom stereocenters. The van der Waals surface area contributed by atoms with Gasteiger partial charge in [0.1, 0.15) is 0 Å². The first kappa shape index (κ1) is 12.3. The van der Waals surface area contributed by atoms with Crippen LogP contribution in [0.25, 0.3) is 0 Å². The number of unbranched alkanes of at least 4 members (excludes halogenated alkanes) is 1. The van der Waals surface area contributed by atoms with Crippen molar-refractivity contribution in [2.45, 2.75) is 45.1 Å². The number of urea groups is 1. The predicted octanol–water partition coefficient (Wildman–Crippen LogP) is 1.65. The highest BCUT2D eigenvalue weighted by atomic mass is 16.5. The Kier molecular flexibility index (Phi) is 4.88. The number of carbonyl (C=O) groups excluding carboxylic acids is 1. The van der Waals surface area contributed by atoms with Gasteiger partial charge in [0, 0.05) is 13.2 Å². The molecule has 1 aliphatic rings. The van der Waals surface area contributed by atoms with Gasteiger partial charge >= 0.3 is 6.03 Å². The van der Waals surface area contributed by atoms with Crippen LogP contribution in [-0.4, -0.2) is 31.3 Å². The van der Waals surface area contributed by atoms with E-state index in [1.54, 1.807) is 0 Å². The number of ether oxygens (including phenoxy) is 1. The molecular weight excluding hydrogens is 192 g/mol. The third-order valence-corrected chi connectivity index (χ3v) is 2.67. The Labute approximate surface area is 91.8 Å². The second-order valence-electron chi connectivity index (χ2n) is 4.45. The van der Waals surface area contributed by atoms with Crippen molar-refractivity contribution in [3.8, 4) is 0 Å². The summed E-state index contributed by atoms with van der Waals surface area (Å²) in [6.45, 7) is 6.32. The summed E-state index contributed by atoms with van der Waals surface area (Å²) in [6.07, 6.45) is 4.14. The summed E-state index contributed by atoms with van der Waals surface area (Å²) in [4.78, 5) is 11.5. The number of hydrogen-bond acceptors (Lipinski definition) is 2. The average molecular weight is 214 g/mol. The largest absolute Gasteiger partial charge is 0.379 e. The molecule has 2 N–H and O–H groups in total. The number of carbonyl (C=O) groups is 1. The smallest absolute Gasteiger partial charge is 0.315 e. The van der Waals surface area contributed by atoms with Gasteiger partial charge in [0.25, 0.3) is 0 Å². The van der Waals surface area contributed by atoms with E-state index < -0.39 is 0 Å². The molecule has 0 aromatic carbocycles. The van der Waals surface area contributed by atoms with Gasteiger partial charge < -0.3 is 15.4 Å². The van der Waals surface area contributed by atoms with Crippen molar-refractivity contribution in [2.75, 3.05) is 19.8 Å². The van der Waals surface area contributed by atoms with Crippen LogP contribution in [0.2, 0.25) is 0 Å². The molecule has 1 unspecified atom stereocenters. The minimum absolute atomic E-state index is 0.0727. The highest BCUT2D eigenvalue weighted by Crippen LogP contribution is 2.17. The first-order valence-electron chi connectivity index (χ1n) is 5.80. The first-order chi connectivity index (χ1) is 7.16. The fourth-order valence-electron chi connectivity index (χ4n) is 1.73. The lowest BCUT2D eigenvalue weighted by Gasteiger charge is -2.34. The van der Waals surface area contributed by atoms with Gasteiger partial charge in [-0.1, -0.05) is 13.3 Å². The molecule has 1 heterocycles. The van der Waals surface area contributed by atoms with Crippen LogP contribution in [0.4, 0.5) is 4.79 Å². The van der Waals surface area contributed by atoms with Crippen LogP contribution < -0.4 is 10.6 Å². The molecule has 0 aromatic rings. The van der Waals surface area contributed by atoms with Crippen LogP contribution in [0.5, 0.6) is 0 Å². The van der Waals surface area contributed by atoms with Crippen LogP contribution in [0.15, 0.2) is 0 Å². The molecule has 0 aromatic heterocycles. The SMILES string of the molecule is CCCCNC(=O)NC1(C)CCCOC1. The summed E-state index contributed by atoms with van der Waals surface area (Å²) in [5.41, 5.74) is -0.186. The molecule has 4 nitrogen and oxygen atoms in total. The summed E-state index contributed by atoms with van der Waals surface area (Å²) < 4.78 is 5.37. The van der Waals surface area contributed by atoms with Crippen LogP contribution in [0.3, 0.4) is 0 Å². The summed E-state index contributed by atoms with van der Waals surface area (Å²) in [5, 5.41) is 5.83. The Morgan fingerprint density at radius 2 is 2.33 bits per heavy atom. The van der Waals surface area contributed by atoms with E-state index in [0.29, 0.717) is 6.61 Å². The monoisotopic (exact) mass is 214 g/mol. The summed E-state index contributed by atoms with van der Waals surface area (Å²) in [5.74, 6) is 0. The fourth-order valence-corrected chi connectivity index (χ4v) is 1.73. The van der Waals surface area contributed by atoms with E-state index in [-0.39, 0.29) is 11.6 Å². The van der Waals surface area contributed by atoms with Gasteiger partial charge in [0.15, 0.2) is 0 Å². The van der Waals surface area contributed by atoms with Crippen molar-refractivity contribution in [2.24, 2.45) is 0 Å². The molecule has 88 valence electrons. The molecule has 15 heavy (non-hydrogen) atoms. The molecule has 0 bridgehead atoms. The summed E-state index contributed by atoms with van der Waals surface area (Å²) >= 11 is 0. The van der Waals surface area contributed by atoms with Crippen LogP contribution in [0, 0.1) is 0 Å². The molecule has 0 aliphatic carbocycles. The van der Waals surface area contributed by atoms with Crippen molar-refractivity contribution >= 4 is 6.03 Å². The molecule has 0 radical (unpaired) electrons. The van der Waals surface area contributed by atoms with Gasteiger partial charge in [-0.05, 0) is 26.2 Å². The van der Waals surface area contributed by atoms with Gasteiger partial charge in [-0.15, -0.1) is 0 Å². The molecule has 4 heteroatoms. The number of hydrogen-bond donors (Lipinski definition) is 2. The standard InChI is InChI=1S/C11H22N2O2/c1-3-4-7-12-10(14)13-11(2)6-5-8-15-9-11/h3-9H2,1-2H3,(H2,12,13,14). The van der Waals surface area contributed by atoms with E-state index >= 15 is 0 Å². The second-order valence-corrected chi connectivity index (χ2v) is 4.45. The highest BCUT2D eigenvalue weighted by molar-refractivity contribution is 5.74. The first-order valence-corrected chi connectivity index (χ1v) is 5.80. The molecule has 0 spiro atoms. The Morgan fingerprint density at radius 3 is 2.93 bits per heavy atom. The maximum absolute atomic E-state index is 11.5. The van der Waals surface area contributed by atoms with Crippen molar-refractivity contribution in [1.82, 2.24) is 10.6 Å². The lowest BCUT2D eigenvalue weighted by atomic mass is 9.95. The van der Waals surface area contributed by atoms with E-state index in [2.05, 4.69) is 17.6 Å². The minimum Gasteiger partial charge on any atom is -0.379 e. The quantitative estimate of drug-likeness (QED) is 0.699. The Hall–Kier alpha value is -0.770. The number of rotatable bonds is 4. The molecular formula is C11H22N2O2.